The summed E-state index contributed by atoms with van der Waals surface area (Å²) < 4.78 is 1.83. The van der Waals surface area contributed by atoms with Crippen LogP contribution >= 0.6 is 23.8 Å². The second-order valence-corrected chi connectivity index (χ2v) is 4.15. The van der Waals surface area contributed by atoms with Crippen LogP contribution in [0.15, 0.2) is 35.6 Å². The molecule has 2 rings (SSSR count). The summed E-state index contributed by atoms with van der Waals surface area (Å²) in [4.78, 5) is 15.0. The van der Waals surface area contributed by atoms with Gasteiger partial charge in [0.05, 0.1) is 10.9 Å². The molecule has 0 aliphatic rings. The molecule has 0 unspecified atom stereocenters. The fourth-order valence-corrected chi connectivity index (χ4v) is 1.96. The number of hydrogen-bond donors (Lipinski definition) is 1. The van der Waals surface area contributed by atoms with Crippen molar-refractivity contribution >= 4 is 34.7 Å². The van der Waals surface area contributed by atoms with Crippen molar-refractivity contribution in [1.82, 2.24) is 9.55 Å². The van der Waals surface area contributed by atoms with Crippen molar-refractivity contribution in [3.8, 4) is 0 Å². The van der Waals surface area contributed by atoms with Crippen molar-refractivity contribution < 1.29 is 0 Å². The van der Waals surface area contributed by atoms with E-state index in [1.807, 2.05) is 0 Å². The maximum atomic E-state index is 12.0. The van der Waals surface area contributed by atoms with Gasteiger partial charge in [0, 0.05) is 11.6 Å². The van der Waals surface area contributed by atoms with Gasteiger partial charge in [-0.25, -0.2) is 0 Å². The van der Waals surface area contributed by atoms with E-state index < -0.39 is 0 Å². The Bertz CT molecular complexity index is 672. The molecule has 0 aliphatic heterocycles. The number of allylic oxidation sites excluding steroid dienone is 1. The van der Waals surface area contributed by atoms with Crippen LogP contribution < -0.4 is 5.56 Å². The largest absolute Gasteiger partial charge is 0.331 e. The minimum atomic E-state index is -0.129. The number of hydrogen-bond acceptors (Lipinski definition) is 2. The Labute approximate surface area is 102 Å². The maximum Gasteiger partial charge on any atom is 0.262 e. The number of benzene rings is 1. The zero-order chi connectivity index (χ0) is 11.7. The van der Waals surface area contributed by atoms with Crippen LogP contribution in [0.3, 0.4) is 0 Å². The highest BCUT2D eigenvalue weighted by Gasteiger charge is 2.04. The molecule has 0 saturated heterocycles. The van der Waals surface area contributed by atoms with Gasteiger partial charge in [-0.05, 0) is 30.4 Å². The molecule has 5 heteroatoms. The van der Waals surface area contributed by atoms with Crippen LogP contribution in [0.4, 0.5) is 0 Å². The topological polar surface area (TPSA) is 37.8 Å². The summed E-state index contributed by atoms with van der Waals surface area (Å²) in [5.74, 6) is 0. The normalized spacial score (nSPS) is 10.6. The number of aromatic nitrogens is 2. The molecular formula is C11H9ClN2OS. The van der Waals surface area contributed by atoms with Crippen molar-refractivity contribution in [3.05, 3.63) is 51.0 Å². The summed E-state index contributed by atoms with van der Waals surface area (Å²) in [5.41, 5.74) is 0.526. The Hall–Kier alpha value is -1.39. The molecule has 0 bridgehead atoms. The Morgan fingerprint density at radius 1 is 1.56 bits per heavy atom. The number of fused-ring (bicyclic) bond motifs is 1. The van der Waals surface area contributed by atoms with Crippen molar-refractivity contribution in [2.45, 2.75) is 6.54 Å². The van der Waals surface area contributed by atoms with Crippen LogP contribution in [-0.4, -0.2) is 9.55 Å². The first-order chi connectivity index (χ1) is 7.63. The summed E-state index contributed by atoms with van der Waals surface area (Å²) in [6.07, 6.45) is 1.63. The van der Waals surface area contributed by atoms with Gasteiger partial charge in [-0.15, -0.1) is 6.58 Å². The van der Waals surface area contributed by atoms with E-state index in [0.29, 0.717) is 27.2 Å². The standard InChI is InChI=1S/C11H9ClN2OS/c1-2-5-14-10(15)8-4-3-7(12)6-9(8)13-11(14)16/h2-4,6H,1,5H2,(H,13,16). The van der Waals surface area contributed by atoms with Gasteiger partial charge in [-0.2, -0.15) is 0 Å². The Balaban J connectivity index is 2.89. The first kappa shape index (κ1) is 11.1. The average Bonchev–Trinajstić information content (AvgIpc) is 2.23. The SMILES string of the molecule is C=CCn1c(=S)[nH]c2cc(Cl)ccc2c1=O. The molecule has 0 radical (unpaired) electrons. The molecule has 0 fully saturated rings. The zero-order valence-electron chi connectivity index (χ0n) is 8.37. The predicted molar refractivity (Wildman–Crippen MR) is 68.6 cm³/mol. The molecule has 0 aliphatic carbocycles. The Morgan fingerprint density at radius 3 is 3.00 bits per heavy atom. The third-order valence-electron chi connectivity index (χ3n) is 2.26. The fraction of sp³-hybridized carbons (Fsp3) is 0.0909. The number of nitrogens with zero attached hydrogens (tertiary/aromatic N) is 1. The van der Waals surface area contributed by atoms with E-state index in [2.05, 4.69) is 11.6 Å². The monoisotopic (exact) mass is 252 g/mol. The van der Waals surface area contributed by atoms with Crippen LogP contribution in [0.1, 0.15) is 0 Å². The smallest absolute Gasteiger partial charge is 0.262 e. The minimum absolute atomic E-state index is 0.129. The van der Waals surface area contributed by atoms with Crippen LogP contribution in [0.5, 0.6) is 0 Å². The summed E-state index contributed by atoms with van der Waals surface area (Å²) in [5, 5.41) is 1.14. The molecule has 0 amide bonds. The van der Waals surface area contributed by atoms with E-state index in [4.69, 9.17) is 23.8 Å². The van der Waals surface area contributed by atoms with E-state index in [1.54, 1.807) is 24.3 Å². The molecule has 0 atom stereocenters. The summed E-state index contributed by atoms with van der Waals surface area (Å²) in [6, 6.07) is 5.05. The van der Waals surface area contributed by atoms with E-state index in [0.717, 1.165) is 0 Å². The highest BCUT2D eigenvalue weighted by Crippen LogP contribution is 2.14. The number of nitrogens with one attached hydrogen (secondary N) is 1. The van der Waals surface area contributed by atoms with E-state index in [-0.39, 0.29) is 5.56 Å². The molecular weight excluding hydrogens is 244 g/mol. The first-order valence-corrected chi connectivity index (χ1v) is 5.45. The van der Waals surface area contributed by atoms with Crippen molar-refractivity contribution in [1.29, 1.82) is 0 Å². The van der Waals surface area contributed by atoms with Gasteiger partial charge in [-0.1, -0.05) is 17.7 Å². The van der Waals surface area contributed by atoms with Crippen LogP contribution in [0.25, 0.3) is 10.9 Å². The average molecular weight is 253 g/mol. The van der Waals surface area contributed by atoms with Gasteiger partial charge in [-0.3, -0.25) is 9.36 Å². The van der Waals surface area contributed by atoms with E-state index >= 15 is 0 Å². The van der Waals surface area contributed by atoms with E-state index in [1.165, 1.54) is 4.57 Å². The molecule has 0 spiro atoms. The summed E-state index contributed by atoms with van der Waals surface area (Å²) in [6.45, 7) is 3.99. The molecule has 1 aromatic carbocycles. The lowest BCUT2D eigenvalue weighted by Crippen LogP contribution is -2.21. The molecule has 1 heterocycles. The Kier molecular flexibility index (Phi) is 2.94. The molecule has 82 valence electrons. The lowest BCUT2D eigenvalue weighted by Gasteiger charge is -2.05. The van der Waals surface area contributed by atoms with Gasteiger partial charge in [0.25, 0.3) is 5.56 Å². The van der Waals surface area contributed by atoms with Crippen LogP contribution in [-0.2, 0) is 6.54 Å². The summed E-state index contributed by atoms with van der Waals surface area (Å²) >= 11 is 10.9. The maximum absolute atomic E-state index is 12.0. The number of aromatic amines is 1. The fourth-order valence-electron chi connectivity index (χ4n) is 1.52. The minimum Gasteiger partial charge on any atom is -0.331 e. The first-order valence-electron chi connectivity index (χ1n) is 4.67. The van der Waals surface area contributed by atoms with Gasteiger partial charge in [0.1, 0.15) is 0 Å². The molecule has 16 heavy (non-hydrogen) atoms. The number of H-pyrrole nitrogens is 1. The molecule has 3 nitrogen and oxygen atoms in total. The lowest BCUT2D eigenvalue weighted by atomic mass is 10.2. The second kappa shape index (κ2) is 4.23. The van der Waals surface area contributed by atoms with Gasteiger partial charge in [0.2, 0.25) is 0 Å². The second-order valence-electron chi connectivity index (χ2n) is 3.32. The quantitative estimate of drug-likeness (QED) is 0.659. The van der Waals surface area contributed by atoms with Gasteiger partial charge < -0.3 is 4.98 Å². The van der Waals surface area contributed by atoms with Gasteiger partial charge in [0.15, 0.2) is 4.77 Å². The number of rotatable bonds is 2. The van der Waals surface area contributed by atoms with Crippen LogP contribution in [0.2, 0.25) is 5.02 Å². The van der Waals surface area contributed by atoms with Crippen molar-refractivity contribution in [2.75, 3.05) is 0 Å². The van der Waals surface area contributed by atoms with E-state index in [9.17, 15) is 4.79 Å². The summed E-state index contributed by atoms with van der Waals surface area (Å²) in [7, 11) is 0. The zero-order valence-corrected chi connectivity index (χ0v) is 9.94. The molecule has 1 aromatic heterocycles. The lowest BCUT2D eigenvalue weighted by molar-refractivity contribution is 0.753. The van der Waals surface area contributed by atoms with Crippen molar-refractivity contribution in [3.63, 3.8) is 0 Å². The molecule has 2 aromatic rings. The predicted octanol–water partition coefficient (Wildman–Crippen LogP) is 2.90. The Morgan fingerprint density at radius 2 is 2.31 bits per heavy atom. The molecule has 0 saturated carbocycles. The van der Waals surface area contributed by atoms with Crippen LogP contribution in [0, 0.1) is 4.77 Å². The third kappa shape index (κ3) is 1.81. The highest BCUT2D eigenvalue weighted by molar-refractivity contribution is 7.71. The highest BCUT2D eigenvalue weighted by atomic mass is 35.5. The van der Waals surface area contributed by atoms with Gasteiger partial charge >= 0.3 is 0 Å². The van der Waals surface area contributed by atoms with Crippen molar-refractivity contribution in [2.24, 2.45) is 0 Å². The third-order valence-corrected chi connectivity index (χ3v) is 2.81. The molecule has 1 N–H and O–H groups in total. The number of halogens is 1.